The molecule has 0 aromatic rings. The number of hydrogen-bond donors (Lipinski definition) is 2. The number of unbranched alkanes of at least 4 members (excludes halogenated alkanes) is 1. The second-order valence-corrected chi connectivity index (χ2v) is 3.52. The third-order valence-electron chi connectivity index (χ3n) is 0.803. The number of rotatable bonds is 3. The van der Waals surface area contributed by atoms with Gasteiger partial charge in [0, 0.05) is 6.16 Å². The van der Waals surface area contributed by atoms with Crippen LogP contribution in [0.1, 0.15) is 21.2 Å². The molecule has 0 bridgehead atoms. The van der Waals surface area contributed by atoms with Crippen molar-refractivity contribution in [1.82, 2.24) is 0 Å². The van der Waals surface area contributed by atoms with Crippen molar-refractivity contribution in [2.75, 3.05) is 6.16 Å². The fraction of sp³-hybridized carbons (Fsp3) is 1.00. The van der Waals surface area contributed by atoms with E-state index in [0.29, 0.717) is 6.42 Å². The molecule has 0 aromatic heterocycles. The summed E-state index contributed by atoms with van der Waals surface area (Å²) in [6, 6.07) is 0. The molecular formula is C4H12NaO3P. The minimum Gasteiger partial charge on any atom is -1.00 e. The van der Waals surface area contributed by atoms with E-state index in [1.54, 1.807) is 0 Å². The van der Waals surface area contributed by atoms with Crippen molar-refractivity contribution in [2.24, 2.45) is 0 Å². The fourth-order valence-corrected chi connectivity index (χ4v) is 1.09. The van der Waals surface area contributed by atoms with Crippen LogP contribution in [0.5, 0.6) is 0 Å². The fourth-order valence-electron chi connectivity index (χ4n) is 0.364. The van der Waals surface area contributed by atoms with Crippen molar-refractivity contribution in [1.29, 1.82) is 0 Å². The molecule has 0 aliphatic rings. The van der Waals surface area contributed by atoms with E-state index in [1.807, 2.05) is 6.92 Å². The second-order valence-electron chi connectivity index (χ2n) is 1.74. The Bertz CT molecular complexity index is 105. The van der Waals surface area contributed by atoms with Gasteiger partial charge in [0.25, 0.3) is 0 Å². The maximum atomic E-state index is 10.1. The Morgan fingerprint density at radius 1 is 1.56 bits per heavy atom. The smallest absolute Gasteiger partial charge is 1.00 e. The monoisotopic (exact) mass is 162 g/mol. The summed E-state index contributed by atoms with van der Waals surface area (Å²) in [6.07, 6.45) is 1.49. The van der Waals surface area contributed by atoms with Crippen LogP contribution in [0.2, 0.25) is 0 Å². The first-order chi connectivity index (χ1) is 3.56. The maximum Gasteiger partial charge on any atom is 1.00 e. The Morgan fingerprint density at radius 2 is 2.00 bits per heavy atom. The zero-order valence-corrected chi connectivity index (χ0v) is 8.77. The van der Waals surface area contributed by atoms with Crippen LogP contribution in [-0.4, -0.2) is 15.9 Å². The van der Waals surface area contributed by atoms with Gasteiger partial charge in [-0.05, 0) is 6.42 Å². The average molecular weight is 162 g/mol. The van der Waals surface area contributed by atoms with Crippen molar-refractivity contribution >= 4 is 7.60 Å². The van der Waals surface area contributed by atoms with Gasteiger partial charge in [-0.2, -0.15) is 0 Å². The topological polar surface area (TPSA) is 57.5 Å². The summed E-state index contributed by atoms with van der Waals surface area (Å²) in [5.41, 5.74) is 0. The quantitative estimate of drug-likeness (QED) is 0.375. The van der Waals surface area contributed by atoms with Gasteiger partial charge in [0.1, 0.15) is 0 Å². The zero-order chi connectivity index (χ0) is 6.62. The Hall–Kier alpha value is 1.15. The summed E-state index contributed by atoms with van der Waals surface area (Å²) in [6.45, 7) is 1.90. The Kier molecular flexibility index (Phi) is 8.39. The van der Waals surface area contributed by atoms with Crippen LogP contribution in [0, 0.1) is 0 Å². The molecular weight excluding hydrogens is 150 g/mol. The summed E-state index contributed by atoms with van der Waals surface area (Å²) >= 11 is 0. The molecule has 0 fully saturated rings. The molecule has 0 radical (unpaired) electrons. The normalized spacial score (nSPS) is 10.6. The van der Waals surface area contributed by atoms with Gasteiger partial charge in [-0.15, -0.1) is 0 Å². The molecule has 9 heavy (non-hydrogen) atoms. The van der Waals surface area contributed by atoms with Crippen molar-refractivity contribution in [3.05, 3.63) is 0 Å². The first-order valence-corrected chi connectivity index (χ1v) is 4.40. The van der Waals surface area contributed by atoms with Gasteiger partial charge >= 0.3 is 37.2 Å². The summed E-state index contributed by atoms with van der Waals surface area (Å²) in [4.78, 5) is 16.5. The van der Waals surface area contributed by atoms with Crippen molar-refractivity contribution in [2.45, 2.75) is 19.8 Å². The third-order valence-corrected chi connectivity index (χ3v) is 1.70. The van der Waals surface area contributed by atoms with Gasteiger partial charge in [-0.1, -0.05) is 13.3 Å². The molecule has 0 atom stereocenters. The molecule has 0 aromatic carbocycles. The first kappa shape index (κ1) is 12.8. The minimum absolute atomic E-state index is 0. The van der Waals surface area contributed by atoms with Gasteiger partial charge < -0.3 is 11.2 Å². The molecule has 0 aliphatic carbocycles. The van der Waals surface area contributed by atoms with E-state index in [9.17, 15) is 4.57 Å². The zero-order valence-electron chi connectivity index (χ0n) is 6.87. The Morgan fingerprint density at radius 3 is 2.11 bits per heavy atom. The van der Waals surface area contributed by atoms with E-state index in [2.05, 4.69) is 0 Å². The molecule has 3 nitrogen and oxygen atoms in total. The van der Waals surface area contributed by atoms with Crippen LogP contribution < -0.4 is 29.6 Å². The summed E-state index contributed by atoms with van der Waals surface area (Å²) in [7, 11) is -3.68. The van der Waals surface area contributed by atoms with Gasteiger partial charge in [0.15, 0.2) is 0 Å². The average Bonchev–Trinajstić information content (AvgIpc) is 1.59. The first-order valence-electron chi connectivity index (χ1n) is 2.61. The summed E-state index contributed by atoms with van der Waals surface area (Å²) in [5, 5.41) is 0. The molecule has 52 valence electrons. The van der Waals surface area contributed by atoms with Crippen LogP contribution >= 0.6 is 7.60 Å². The predicted octanol–water partition coefficient (Wildman–Crippen LogP) is -1.92. The van der Waals surface area contributed by atoms with E-state index in [0.717, 1.165) is 6.42 Å². The van der Waals surface area contributed by atoms with Gasteiger partial charge in [-0.25, -0.2) is 0 Å². The van der Waals surface area contributed by atoms with E-state index in [-0.39, 0.29) is 37.1 Å². The SMILES string of the molecule is CCCCP(=O)(O)O.[H-].[Na+]. The summed E-state index contributed by atoms with van der Waals surface area (Å²) in [5.74, 6) is 0. The van der Waals surface area contributed by atoms with Crippen molar-refractivity contribution in [3.8, 4) is 0 Å². The summed E-state index contributed by atoms with van der Waals surface area (Å²) < 4.78 is 10.1. The van der Waals surface area contributed by atoms with Crippen molar-refractivity contribution < 1.29 is 45.3 Å². The standard InChI is InChI=1S/C4H11O3P.Na.H/c1-2-3-4-8(5,6)7;;/h2-4H2,1H3,(H2,5,6,7);;/q;+1;-1. The van der Waals surface area contributed by atoms with E-state index < -0.39 is 7.60 Å². The Labute approximate surface area is 78.8 Å². The molecule has 0 saturated carbocycles. The van der Waals surface area contributed by atoms with Crippen LogP contribution in [-0.2, 0) is 4.57 Å². The molecule has 0 heterocycles. The largest absolute Gasteiger partial charge is 1.00 e. The molecule has 0 aliphatic heterocycles. The van der Waals surface area contributed by atoms with Crippen LogP contribution in [0.25, 0.3) is 0 Å². The van der Waals surface area contributed by atoms with Crippen LogP contribution in [0.3, 0.4) is 0 Å². The Balaban J connectivity index is -0.000000245. The maximum absolute atomic E-state index is 10.1. The van der Waals surface area contributed by atoms with Crippen LogP contribution in [0.15, 0.2) is 0 Å². The molecule has 0 saturated heterocycles. The predicted molar refractivity (Wildman–Crippen MR) is 32.9 cm³/mol. The third kappa shape index (κ3) is 12.4. The van der Waals surface area contributed by atoms with E-state index in [4.69, 9.17) is 9.79 Å². The molecule has 0 rings (SSSR count). The van der Waals surface area contributed by atoms with Crippen molar-refractivity contribution in [3.63, 3.8) is 0 Å². The van der Waals surface area contributed by atoms with Gasteiger partial charge in [0.05, 0.1) is 0 Å². The van der Waals surface area contributed by atoms with E-state index in [1.165, 1.54) is 0 Å². The second kappa shape index (κ2) is 5.90. The molecule has 5 heteroatoms. The molecule has 0 spiro atoms. The molecule has 0 unspecified atom stereocenters. The van der Waals surface area contributed by atoms with E-state index >= 15 is 0 Å². The van der Waals surface area contributed by atoms with Gasteiger partial charge in [-0.3, -0.25) is 4.57 Å². The number of hydrogen-bond acceptors (Lipinski definition) is 1. The molecule has 2 N–H and O–H groups in total. The minimum atomic E-state index is -3.68. The molecule has 0 amide bonds. The van der Waals surface area contributed by atoms with Gasteiger partial charge in [0.2, 0.25) is 0 Å². The van der Waals surface area contributed by atoms with Crippen LogP contribution in [0.4, 0.5) is 0 Å².